The maximum Gasteiger partial charge on any atom is 0.250 e. The number of carbonyl (C=O) groups is 2. The molecule has 0 unspecified atom stereocenters. The predicted octanol–water partition coefficient (Wildman–Crippen LogP) is 2.37. The second-order valence-corrected chi connectivity index (χ2v) is 5.26. The first-order valence-electron chi connectivity index (χ1n) is 7.56. The number of pyridine rings is 1. The van der Waals surface area contributed by atoms with E-state index in [9.17, 15) is 19.2 Å². The largest absolute Gasteiger partial charge is 0.309 e. The number of halogens is 1. The molecule has 0 saturated carbocycles. The lowest BCUT2D eigenvalue weighted by molar-refractivity contribution is -0.117. The molecule has 0 aliphatic heterocycles. The van der Waals surface area contributed by atoms with Crippen LogP contribution in [0.5, 0.6) is 0 Å². The number of Topliss-reactive ketones (excluding diaryl/α,β-unsaturated/α-hetero) is 1. The number of ketones is 1. The number of amides is 1. The number of nitriles is 1. The molecular formula is C18H12FN5O2. The van der Waals surface area contributed by atoms with Crippen molar-refractivity contribution in [2.75, 3.05) is 5.32 Å². The van der Waals surface area contributed by atoms with E-state index in [-0.39, 0.29) is 11.5 Å². The molecule has 1 atom stereocenters. The minimum absolute atomic E-state index is 0.0722. The first-order chi connectivity index (χ1) is 12.6. The summed E-state index contributed by atoms with van der Waals surface area (Å²) < 4.78 is 14.6. The van der Waals surface area contributed by atoms with Gasteiger partial charge in [0.05, 0.1) is 11.8 Å². The molecule has 0 saturated heterocycles. The van der Waals surface area contributed by atoms with Gasteiger partial charge in [0.2, 0.25) is 5.78 Å². The van der Waals surface area contributed by atoms with Gasteiger partial charge in [-0.05, 0) is 36.4 Å². The first-order valence-corrected chi connectivity index (χ1v) is 7.56. The lowest BCUT2D eigenvalue weighted by Crippen LogP contribution is -2.29. The molecule has 1 aromatic carbocycles. The van der Waals surface area contributed by atoms with Crippen LogP contribution in [-0.2, 0) is 4.79 Å². The van der Waals surface area contributed by atoms with Crippen LogP contribution in [0.3, 0.4) is 0 Å². The van der Waals surface area contributed by atoms with Crippen LogP contribution in [-0.4, -0.2) is 26.5 Å². The number of rotatable bonds is 5. The van der Waals surface area contributed by atoms with Crippen LogP contribution in [0.2, 0.25) is 0 Å². The fourth-order valence-electron chi connectivity index (χ4n) is 2.24. The number of benzene rings is 1. The van der Waals surface area contributed by atoms with Gasteiger partial charge in [0.15, 0.2) is 5.92 Å². The van der Waals surface area contributed by atoms with Gasteiger partial charge in [0, 0.05) is 12.4 Å². The molecule has 1 N–H and O–H groups in total. The zero-order valence-electron chi connectivity index (χ0n) is 13.3. The molecule has 0 bridgehead atoms. The molecule has 0 spiro atoms. The molecule has 0 fully saturated rings. The van der Waals surface area contributed by atoms with Crippen LogP contribution in [0.25, 0.3) is 5.69 Å². The zero-order valence-corrected chi connectivity index (χ0v) is 13.3. The Bertz CT molecular complexity index is 994. The van der Waals surface area contributed by atoms with Crippen LogP contribution >= 0.6 is 0 Å². The molecule has 0 aliphatic rings. The summed E-state index contributed by atoms with van der Waals surface area (Å²) in [5.41, 5.74) is 0.340. The second kappa shape index (κ2) is 7.36. The average Bonchev–Trinajstić information content (AvgIpc) is 3.13. The van der Waals surface area contributed by atoms with Gasteiger partial charge in [-0.3, -0.25) is 9.59 Å². The number of aromatic nitrogens is 3. The van der Waals surface area contributed by atoms with Gasteiger partial charge in [0.1, 0.15) is 17.3 Å². The highest BCUT2D eigenvalue weighted by Gasteiger charge is 2.29. The third kappa shape index (κ3) is 3.62. The van der Waals surface area contributed by atoms with Crippen molar-refractivity contribution in [2.45, 2.75) is 0 Å². The van der Waals surface area contributed by atoms with Crippen molar-refractivity contribution in [3.8, 4) is 11.8 Å². The van der Waals surface area contributed by atoms with Gasteiger partial charge in [-0.1, -0.05) is 12.1 Å². The van der Waals surface area contributed by atoms with Crippen molar-refractivity contribution in [3.05, 3.63) is 72.4 Å². The van der Waals surface area contributed by atoms with E-state index in [0.29, 0.717) is 5.69 Å². The van der Waals surface area contributed by atoms with Crippen LogP contribution in [0, 0.1) is 23.1 Å². The van der Waals surface area contributed by atoms with Crippen molar-refractivity contribution < 1.29 is 14.0 Å². The highest BCUT2D eigenvalue weighted by Crippen LogP contribution is 2.13. The van der Waals surface area contributed by atoms with E-state index in [2.05, 4.69) is 15.4 Å². The Morgan fingerprint density at radius 1 is 1.19 bits per heavy atom. The monoisotopic (exact) mass is 349 g/mol. The fourth-order valence-corrected chi connectivity index (χ4v) is 2.24. The Hall–Kier alpha value is -3.86. The zero-order chi connectivity index (χ0) is 18.5. The number of anilines is 1. The summed E-state index contributed by atoms with van der Waals surface area (Å²) in [6, 6.07) is 13.6. The van der Waals surface area contributed by atoms with Gasteiger partial charge < -0.3 is 5.32 Å². The standard InChI is InChI=1S/C18H12FN5O2/c19-12-4-3-5-13(10-12)24-9-7-15(23-24)17(25)14(11-20)18(26)22-16-6-1-2-8-21-16/h1-10,14H,(H,21,22,26)/t14-/m1/s1. The molecule has 2 heterocycles. The van der Waals surface area contributed by atoms with Gasteiger partial charge >= 0.3 is 0 Å². The normalized spacial score (nSPS) is 11.4. The summed E-state index contributed by atoms with van der Waals surface area (Å²) in [6.07, 6.45) is 2.92. The molecular weight excluding hydrogens is 337 g/mol. The van der Waals surface area contributed by atoms with Crippen LogP contribution in [0.1, 0.15) is 10.5 Å². The third-order valence-corrected chi connectivity index (χ3v) is 3.48. The van der Waals surface area contributed by atoms with E-state index in [1.807, 2.05) is 0 Å². The number of nitrogens with zero attached hydrogens (tertiary/aromatic N) is 4. The topological polar surface area (TPSA) is 101 Å². The number of nitrogens with one attached hydrogen (secondary N) is 1. The van der Waals surface area contributed by atoms with E-state index in [4.69, 9.17) is 0 Å². The maximum absolute atomic E-state index is 13.3. The first kappa shape index (κ1) is 17.0. The molecule has 3 rings (SSSR count). The summed E-state index contributed by atoms with van der Waals surface area (Å²) in [5.74, 6) is -3.34. The number of hydrogen-bond donors (Lipinski definition) is 1. The van der Waals surface area contributed by atoms with E-state index in [1.165, 1.54) is 47.4 Å². The molecule has 128 valence electrons. The van der Waals surface area contributed by atoms with Crippen molar-refractivity contribution in [1.82, 2.24) is 14.8 Å². The molecule has 8 heteroatoms. The van der Waals surface area contributed by atoms with Gasteiger partial charge in [-0.15, -0.1) is 0 Å². The molecule has 2 aromatic heterocycles. The summed E-state index contributed by atoms with van der Waals surface area (Å²) in [7, 11) is 0. The second-order valence-electron chi connectivity index (χ2n) is 5.26. The molecule has 26 heavy (non-hydrogen) atoms. The maximum atomic E-state index is 13.3. The Kier molecular flexibility index (Phi) is 4.80. The average molecular weight is 349 g/mol. The van der Waals surface area contributed by atoms with Crippen LogP contribution < -0.4 is 5.32 Å². The third-order valence-electron chi connectivity index (χ3n) is 3.48. The van der Waals surface area contributed by atoms with Crippen molar-refractivity contribution >= 4 is 17.5 Å². The summed E-state index contributed by atoms with van der Waals surface area (Å²) in [4.78, 5) is 28.6. The minimum atomic E-state index is -1.58. The summed E-state index contributed by atoms with van der Waals surface area (Å²) in [5, 5.41) is 15.7. The Morgan fingerprint density at radius 2 is 2.04 bits per heavy atom. The van der Waals surface area contributed by atoms with Crippen molar-refractivity contribution in [3.63, 3.8) is 0 Å². The van der Waals surface area contributed by atoms with Crippen molar-refractivity contribution in [2.24, 2.45) is 5.92 Å². The summed E-state index contributed by atoms with van der Waals surface area (Å²) >= 11 is 0. The lowest BCUT2D eigenvalue weighted by atomic mass is 10.0. The fraction of sp³-hybridized carbons (Fsp3) is 0.0556. The van der Waals surface area contributed by atoms with Gasteiger partial charge in [-0.2, -0.15) is 10.4 Å². The quantitative estimate of drug-likeness (QED) is 0.563. The number of hydrogen-bond acceptors (Lipinski definition) is 5. The molecule has 7 nitrogen and oxygen atoms in total. The lowest BCUT2D eigenvalue weighted by Gasteiger charge is -2.07. The Labute approximate surface area is 147 Å². The molecule has 3 aromatic rings. The van der Waals surface area contributed by atoms with Crippen molar-refractivity contribution in [1.29, 1.82) is 5.26 Å². The van der Waals surface area contributed by atoms with E-state index >= 15 is 0 Å². The highest BCUT2D eigenvalue weighted by molar-refractivity contribution is 6.14. The van der Waals surface area contributed by atoms with Gasteiger partial charge in [0.25, 0.3) is 5.91 Å². The van der Waals surface area contributed by atoms with E-state index < -0.39 is 23.4 Å². The molecule has 1 amide bonds. The van der Waals surface area contributed by atoms with Crippen LogP contribution in [0.15, 0.2) is 60.9 Å². The Morgan fingerprint density at radius 3 is 2.73 bits per heavy atom. The Balaban J connectivity index is 1.79. The molecule has 0 radical (unpaired) electrons. The number of carbonyl (C=O) groups excluding carboxylic acids is 2. The highest BCUT2D eigenvalue weighted by atomic mass is 19.1. The van der Waals surface area contributed by atoms with Crippen LogP contribution in [0.4, 0.5) is 10.2 Å². The smallest absolute Gasteiger partial charge is 0.250 e. The molecule has 0 aliphatic carbocycles. The van der Waals surface area contributed by atoms with E-state index in [1.54, 1.807) is 24.3 Å². The summed E-state index contributed by atoms with van der Waals surface area (Å²) in [6.45, 7) is 0. The predicted molar refractivity (Wildman–Crippen MR) is 89.8 cm³/mol. The SMILES string of the molecule is N#C[C@@H](C(=O)Nc1ccccn1)C(=O)c1ccn(-c2cccc(F)c2)n1. The minimum Gasteiger partial charge on any atom is -0.309 e. The van der Waals surface area contributed by atoms with Gasteiger partial charge in [-0.25, -0.2) is 14.1 Å². The van der Waals surface area contributed by atoms with E-state index in [0.717, 1.165) is 0 Å².